The van der Waals surface area contributed by atoms with Crippen LogP contribution in [0.5, 0.6) is 0 Å². The van der Waals surface area contributed by atoms with Crippen LogP contribution in [0.2, 0.25) is 0 Å². The van der Waals surface area contributed by atoms with Gasteiger partial charge in [0.25, 0.3) is 0 Å². The Hall–Kier alpha value is -1.16. The van der Waals surface area contributed by atoms with Crippen LogP contribution >= 0.6 is 0 Å². The molecule has 2 rings (SSSR count). The first-order valence-electron chi connectivity index (χ1n) is 7.83. The molecule has 1 aliphatic rings. The number of hydrogen-bond acceptors (Lipinski definition) is 3. The van der Waals surface area contributed by atoms with Crippen molar-refractivity contribution in [2.45, 2.75) is 12.8 Å². The summed E-state index contributed by atoms with van der Waals surface area (Å²) in [6, 6.07) is 10.4. The molecule has 3 heteroatoms. The lowest BCUT2D eigenvalue weighted by atomic mass is 9.80. The Morgan fingerprint density at radius 1 is 1.29 bits per heavy atom. The van der Waals surface area contributed by atoms with Crippen LogP contribution in [0.4, 0.5) is 0 Å². The van der Waals surface area contributed by atoms with Gasteiger partial charge in [-0.2, -0.15) is 0 Å². The lowest BCUT2D eigenvalue weighted by Crippen LogP contribution is -2.50. The molecule has 1 fully saturated rings. The molecule has 1 aromatic rings. The Labute approximate surface area is 128 Å². The first-order chi connectivity index (χ1) is 10.1. The van der Waals surface area contributed by atoms with Crippen molar-refractivity contribution in [2.75, 3.05) is 46.9 Å². The highest BCUT2D eigenvalue weighted by Gasteiger charge is 2.34. The van der Waals surface area contributed by atoms with Gasteiger partial charge in [-0.3, -0.25) is 4.90 Å². The summed E-state index contributed by atoms with van der Waals surface area (Å²) in [4.78, 5) is 4.65. The number of rotatable bonds is 6. The van der Waals surface area contributed by atoms with Gasteiger partial charge in [-0.25, -0.2) is 0 Å². The molecule has 1 N–H and O–H groups in total. The number of likely N-dealkylation sites (tertiary alicyclic amines) is 1. The van der Waals surface area contributed by atoms with Gasteiger partial charge >= 0.3 is 0 Å². The van der Waals surface area contributed by atoms with E-state index in [9.17, 15) is 5.11 Å². The molecule has 0 aromatic heterocycles. The van der Waals surface area contributed by atoms with E-state index in [4.69, 9.17) is 0 Å². The molecule has 0 spiro atoms. The second kappa shape index (κ2) is 7.74. The summed E-state index contributed by atoms with van der Waals surface area (Å²) in [6.07, 6.45) is 6.72. The summed E-state index contributed by atoms with van der Waals surface area (Å²) in [5.41, 5.74) is 1.29. The van der Waals surface area contributed by atoms with E-state index < -0.39 is 0 Å². The van der Waals surface area contributed by atoms with Crippen LogP contribution in [-0.2, 0) is 0 Å². The molecule has 0 saturated carbocycles. The molecule has 1 saturated heterocycles. The van der Waals surface area contributed by atoms with Gasteiger partial charge in [-0.05, 0) is 39.0 Å². The quantitative estimate of drug-likeness (QED) is 0.870. The zero-order chi connectivity index (χ0) is 15.1. The molecular formula is C18H28N2O. The van der Waals surface area contributed by atoms with Crippen LogP contribution in [0.3, 0.4) is 0 Å². The molecule has 0 radical (unpaired) electrons. The number of aliphatic hydroxyl groups is 1. The second-order valence-electron chi connectivity index (χ2n) is 6.55. The van der Waals surface area contributed by atoms with E-state index in [2.05, 4.69) is 60.3 Å². The number of benzene rings is 1. The number of nitrogens with zero attached hydrogens (tertiary/aromatic N) is 2. The van der Waals surface area contributed by atoms with E-state index in [1.54, 1.807) is 0 Å². The average molecular weight is 288 g/mol. The van der Waals surface area contributed by atoms with Crippen molar-refractivity contribution in [3.8, 4) is 0 Å². The third-order valence-corrected chi connectivity index (χ3v) is 4.20. The smallest absolute Gasteiger partial charge is 0.0512 e. The maximum atomic E-state index is 9.84. The maximum Gasteiger partial charge on any atom is 0.0512 e. The average Bonchev–Trinajstić information content (AvgIpc) is 2.48. The molecule has 116 valence electrons. The van der Waals surface area contributed by atoms with Gasteiger partial charge in [0, 0.05) is 25.0 Å². The minimum atomic E-state index is 0.0440. The van der Waals surface area contributed by atoms with Crippen LogP contribution in [0.15, 0.2) is 36.4 Å². The minimum Gasteiger partial charge on any atom is -0.396 e. The fourth-order valence-corrected chi connectivity index (χ4v) is 3.35. The molecular weight excluding hydrogens is 260 g/mol. The molecule has 1 aliphatic heterocycles. The van der Waals surface area contributed by atoms with E-state index in [1.807, 2.05) is 6.07 Å². The maximum absolute atomic E-state index is 9.84. The summed E-state index contributed by atoms with van der Waals surface area (Å²) in [6.45, 7) is 4.33. The lowest BCUT2D eigenvalue weighted by molar-refractivity contribution is 0.0180. The lowest BCUT2D eigenvalue weighted by Gasteiger charge is -2.43. The third-order valence-electron chi connectivity index (χ3n) is 4.20. The highest BCUT2D eigenvalue weighted by Crippen LogP contribution is 2.30. The molecule has 21 heavy (non-hydrogen) atoms. The Balaban J connectivity index is 1.90. The molecule has 0 bridgehead atoms. The predicted molar refractivity (Wildman–Crippen MR) is 89.2 cm³/mol. The predicted octanol–water partition coefficient (Wildman–Crippen LogP) is 2.34. The highest BCUT2D eigenvalue weighted by molar-refractivity contribution is 5.48. The first kappa shape index (κ1) is 16.2. The van der Waals surface area contributed by atoms with Gasteiger partial charge < -0.3 is 10.0 Å². The normalized spacial score (nSPS) is 24.0. The van der Waals surface area contributed by atoms with Crippen LogP contribution in [-0.4, -0.2) is 61.8 Å². The summed E-state index contributed by atoms with van der Waals surface area (Å²) >= 11 is 0. The topological polar surface area (TPSA) is 26.7 Å². The Kier molecular flexibility index (Phi) is 5.97. The van der Waals surface area contributed by atoms with Gasteiger partial charge in [0.05, 0.1) is 6.61 Å². The van der Waals surface area contributed by atoms with E-state index in [1.165, 1.54) is 12.0 Å². The Morgan fingerprint density at radius 2 is 2.05 bits per heavy atom. The zero-order valence-electron chi connectivity index (χ0n) is 13.3. The largest absolute Gasteiger partial charge is 0.396 e. The first-order valence-corrected chi connectivity index (χ1v) is 7.83. The molecule has 0 aliphatic carbocycles. The van der Waals surface area contributed by atoms with Crippen LogP contribution in [0, 0.1) is 5.41 Å². The fourth-order valence-electron chi connectivity index (χ4n) is 3.35. The number of piperidine rings is 1. The number of hydrogen-bond donors (Lipinski definition) is 1. The van der Waals surface area contributed by atoms with Crippen molar-refractivity contribution in [1.82, 2.24) is 9.80 Å². The van der Waals surface area contributed by atoms with Crippen molar-refractivity contribution in [2.24, 2.45) is 5.41 Å². The van der Waals surface area contributed by atoms with E-state index in [0.717, 1.165) is 32.6 Å². The molecule has 0 unspecified atom stereocenters. The van der Waals surface area contributed by atoms with Crippen molar-refractivity contribution in [1.29, 1.82) is 0 Å². The van der Waals surface area contributed by atoms with Gasteiger partial charge in [0.15, 0.2) is 0 Å². The van der Waals surface area contributed by atoms with Gasteiger partial charge in [0.1, 0.15) is 0 Å². The minimum absolute atomic E-state index is 0.0440. The third kappa shape index (κ3) is 4.95. The molecule has 3 nitrogen and oxygen atoms in total. The van der Waals surface area contributed by atoms with Gasteiger partial charge in [0.2, 0.25) is 0 Å². The Bertz CT molecular complexity index is 444. The summed E-state index contributed by atoms with van der Waals surface area (Å²) in [5, 5.41) is 9.84. The summed E-state index contributed by atoms with van der Waals surface area (Å²) < 4.78 is 0. The summed E-state index contributed by atoms with van der Waals surface area (Å²) in [5.74, 6) is 0. The second-order valence-corrected chi connectivity index (χ2v) is 6.55. The Morgan fingerprint density at radius 3 is 2.71 bits per heavy atom. The van der Waals surface area contributed by atoms with Crippen LogP contribution < -0.4 is 0 Å². The van der Waals surface area contributed by atoms with Gasteiger partial charge in [-0.15, -0.1) is 0 Å². The van der Waals surface area contributed by atoms with E-state index in [-0.39, 0.29) is 12.0 Å². The molecule has 1 aromatic carbocycles. The molecule has 0 amide bonds. The number of aliphatic hydroxyl groups excluding tert-OH is 1. The SMILES string of the molecule is CN(C)C[C@@]1(CO)CCCN(C/C=C/c2ccccc2)C1. The van der Waals surface area contributed by atoms with E-state index >= 15 is 0 Å². The van der Waals surface area contributed by atoms with E-state index in [0.29, 0.717) is 0 Å². The zero-order valence-corrected chi connectivity index (χ0v) is 13.3. The molecule has 1 heterocycles. The van der Waals surface area contributed by atoms with Crippen molar-refractivity contribution in [3.63, 3.8) is 0 Å². The summed E-state index contributed by atoms with van der Waals surface area (Å²) in [7, 11) is 4.18. The highest BCUT2D eigenvalue weighted by atomic mass is 16.3. The van der Waals surface area contributed by atoms with Crippen molar-refractivity contribution >= 4 is 6.08 Å². The van der Waals surface area contributed by atoms with Crippen molar-refractivity contribution < 1.29 is 5.11 Å². The van der Waals surface area contributed by atoms with Crippen LogP contribution in [0.25, 0.3) is 6.08 Å². The standard InChI is InChI=1S/C18H28N2O/c1-19(2)14-18(16-21)11-7-13-20(15-18)12-6-10-17-8-4-3-5-9-17/h3-6,8-10,21H,7,11-16H2,1-2H3/b10-6+/t18-/m0/s1. The van der Waals surface area contributed by atoms with Crippen molar-refractivity contribution in [3.05, 3.63) is 42.0 Å². The van der Waals surface area contributed by atoms with Crippen LogP contribution in [0.1, 0.15) is 18.4 Å². The fraction of sp³-hybridized carbons (Fsp3) is 0.556. The van der Waals surface area contributed by atoms with Gasteiger partial charge in [-0.1, -0.05) is 42.5 Å². The monoisotopic (exact) mass is 288 g/mol. The molecule has 1 atom stereocenters.